The van der Waals surface area contributed by atoms with Gasteiger partial charge in [0.2, 0.25) is 0 Å². The van der Waals surface area contributed by atoms with Crippen LogP contribution in [0.15, 0.2) is 30.3 Å². The third-order valence-electron chi connectivity index (χ3n) is 1.27. The summed E-state index contributed by atoms with van der Waals surface area (Å²) >= 11 is 0. The van der Waals surface area contributed by atoms with Crippen molar-refractivity contribution < 1.29 is 13.0 Å². The molecule has 0 aliphatic heterocycles. The molecule has 0 spiro atoms. The molecule has 4 nitrogen and oxygen atoms in total. The normalized spacial score (nSPS) is 10.0. The third kappa shape index (κ3) is 9.31. The molecule has 1 rings (SSSR count). The zero-order chi connectivity index (χ0) is 11.2. The summed E-state index contributed by atoms with van der Waals surface area (Å²) in [6, 6.07) is 10.3. The van der Waals surface area contributed by atoms with E-state index in [-0.39, 0.29) is 0 Å². The summed E-state index contributed by atoms with van der Waals surface area (Å²) in [7, 11) is 3.94. The highest BCUT2D eigenvalue weighted by atomic mass is 35.7. The Morgan fingerprint density at radius 3 is 1.79 bits per heavy atom. The molecule has 1 N–H and O–H groups in total. The smallest absolute Gasteiger partial charge is 0.353 e. The van der Waals surface area contributed by atoms with E-state index in [1.807, 2.05) is 32.3 Å². The molecule has 1 aromatic carbocycles. The summed E-state index contributed by atoms with van der Waals surface area (Å²) in [6.07, 6.45) is 0. The minimum absolute atomic E-state index is 1.25. The molecule has 14 heavy (non-hydrogen) atoms. The first-order valence-corrected chi connectivity index (χ1v) is 5.97. The summed E-state index contributed by atoms with van der Waals surface area (Å²) in [5.74, 6) is 0. The topological polar surface area (TPSA) is 57.6 Å². The molecular weight excluding hydrogens is 226 g/mol. The van der Waals surface area contributed by atoms with Crippen molar-refractivity contribution in [2.75, 3.05) is 19.0 Å². The van der Waals surface area contributed by atoms with Crippen LogP contribution in [0.3, 0.4) is 0 Å². The summed E-state index contributed by atoms with van der Waals surface area (Å²) in [5.41, 5.74) is 1.25. The number of rotatable bonds is 1. The predicted molar refractivity (Wildman–Crippen MR) is 58.2 cm³/mol. The van der Waals surface area contributed by atoms with Crippen LogP contribution in [-0.2, 0) is 9.33 Å². The zero-order valence-corrected chi connectivity index (χ0v) is 9.46. The van der Waals surface area contributed by atoms with Gasteiger partial charge in [0.25, 0.3) is 0 Å². The second kappa shape index (κ2) is 5.85. The summed E-state index contributed by atoms with van der Waals surface area (Å²) in [5, 5.41) is 0. The van der Waals surface area contributed by atoms with Crippen molar-refractivity contribution >= 4 is 25.7 Å². The molecule has 0 radical (unpaired) electrons. The van der Waals surface area contributed by atoms with Crippen molar-refractivity contribution in [3.8, 4) is 0 Å². The minimum atomic E-state index is -4.19. The zero-order valence-electron chi connectivity index (χ0n) is 7.88. The van der Waals surface area contributed by atoms with Gasteiger partial charge in [0.05, 0.1) is 0 Å². The van der Waals surface area contributed by atoms with Gasteiger partial charge in [0.15, 0.2) is 0 Å². The Kier molecular flexibility index (Phi) is 5.52. The van der Waals surface area contributed by atoms with Crippen LogP contribution in [0, 0.1) is 0 Å². The van der Waals surface area contributed by atoms with Crippen molar-refractivity contribution in [1.29, 1.82) is 0 Å². The average molecular weight is 238 g/mol. The van der Waals surface area contributed by atoms with E-state index in [9.17, 15) is 0 Å². The van der Waals surface area contributed by atoms with Crippen LogP contribution in [0.1, 0.15) is 0 Å². The van der Waals surface area contributed by atoms with Crippen LogP contribution in [0.25, 0.3) is 0 Å². The highest BCUT2D eigenvalue weighted by molar-refractivity contribution is 8.09. The van der Waals surface area contributed by atoms with Gasteiger partial charge in [0.1, 0.15) is 0 Å². The maximum atomic E-state index is 8.95. The van der Waals surface area contributed by atoms with Crippen LogP contribution in [-0.4, -0.2) is 27.1 Å². The molecule has 0 aromatic heterocycles. The molecule has 0 bridgehead atoms. The SMILES string of the molecule is CN(C)c1ccccc1.O=S(=O)(O)Cl. The fourth-order valence-electron chi connectivity index (χ4n) is 0.726. The number of para-hydroxylation sites is 1. The lowest BCUT2D eigenvalue weighted by molar-refractivity contribution is 0.501. The molecule has 0 saturated carbocycles. The van der Waals surface area contributed by atoms with Gasteiger partial charge in [-0.2, -0.15) is 8.42 Å². The Morgan fingerprint density at radius 1 is 1.21 bits per heavy atom. The second-order valence-electron chi connectivity index (χ2n) is 2.64. The van der Waals surface area contributed by atoms with E-state index in [0.29, 0.717) is 0 Å². The monoisotopic (exact) mass is 237 g/mol. The maximum Gasteiger partial charge on any atom is 0.353 e. The molecule has 0 unspecified atom stereocenters. The van der Waals surface area contributed by atoms with E-state index in [1.165, 1.54) is 5.69 Å². The number of anilines is 1. The number of hydrogen-bond donors (Lipinski definition) is 1. The quantitative estimate of drug-likeness (QED) is 0.598. The standard InChI is InChI=1S/C8H11N.ClHO3S/c1-9(2)8-6-4-3-5-7-8;1-5(2,3)4/h3-7H,1-2H3;(H,2,3,4). The van der Waals surface area contributed by atoms with Crippen molar-refractivity contribution in [3.63, 3.8) is 0 Å². The Labute approximate surface area is 88.4 Å². The summed E-state index contributed by atoms with van der Waals surface area (Å²) in [4.78, 5) is 2.08. The molecule has 0 atom stereocenters. The summed E-state index contributed by atoms with van der Waals surface area (Å²) < 4.78 is 25.2. The molecule has 0 aliphatic carbocycles. The molecule has 80 valence electrons. The molecule has 6 heteroatoms. The van der Waals surface area contributed by atoms with E-state index in [2.05, 4.69) is 27.7 Å². The van der Waals surface area contributed by atoms with Gasteiger partial charge in [-0.15, -0.1) is 0 Å². The molecule has 0 aliphatic rings. The third-order valence-corrected chi connectivity index (χ3v) is 1.27. The van der Waals surface area contributed by atoms with Crippen LogP contribution >= 0.6 is 10.7 Å². The molecule has 0 amide bonds. The second-order valence-corrected chi connectivity index (χ2v) is 4.64. The first-order chi connectivity index (χ1) is 6.30. The highest BCUT2D eigenvalue weighted by Crippen LogP contribution is 2.07. The van der Waals surface area contributed by atoms with Gasteiger partial charge >= 0.3 is 9.33 Å². The predicted octanol–water partition coefficient (Wildman–Crippen LogP) is 1.78. The van der Waals surface area contributed by atoms with E-state index < -0.39 is 9.33 Å². The lowest BCUT2D eigenvalue weighted by Gasteiger charge is -2.10. The van der Waals surface area contributed by atoms with Crippen LogP contribution in [0.4, 0.5) is 5.69 Å². The Bertz CT molecular complexity index is 342. The van der Waals surface area contributed by atoms with Gasteiger partial charge in [-0.1, -0.05) is 18.2 Å². The number of halogens is 1. The van der Waals surface area contributed by atoms with E-state index in [0.717, 1.165) is 0 Å². The lowest BCUT2D eigenvalue weighted by Crippen LogP contribution is -2.07. The largest absolute Gasteiger partial charge is 0.378 e. The molecule has 0 heterocycles. The van der Waals surface area contributed by atoms with E-state index in [4.69, 9.17) is 13.0 Å². The van der Waals surface area contributed by atoms with Crippen LogP contribution in [0.2, 0.25) is 0 Å². The fourth-order valence-corrected chi connectivity index (χ4v) is 0.726. The van der Waals surface area contributed by atoms with Crippen LogP contribution < -0.4 is 4.90 Å². The first-order valence-electron chi connectivity index (χ1n) is 3.70. The lowest BCUT2D eigenvalue weighted by atomic mass is 10.3. The number of hydrogen-bond acceptors (Lipinski definition) is 3. The molecular formula is C8H12ClNO3S. The first kappa shape index (κ1) is 13.2. The highest BCUT2D eigenvalue weighted by Gasteiger charge is 1.87. The van der Waals surface area contributed by atoms with Crippen molar-refractivity contribution in [2.24, 2.45) is 0 Å². The van der Waals surface area contributed by atoms with E-state index in [1.54, 1.807) is 0 Å². The Balaban J connectivity index is 0.000000292. The molecule has 1 aromatic rings. The minimum Gasteiger partial charge on any atom is -0.378 e. The van der Waals surface area contributed by atoms with Gasteiger partial charge in [-0.3, -0.25) is 4.55 Å². The van der Waals surface area contributed by atoms with Crippen molar-refractivity contribution in [2.45, 2.75) is 0 Å². The van der Waals surface area contributed by atoms with Crippen LogP contribution in [0.5, 0.6) is 0 Å². The fraction of sp³-hybridized carbons (Fsp3) is 0.250. The number of benzene rings is 1. The van der Waals surface area contributed by atoms with Gasteiger partial charge in [-0.25, -0.2) is 0 Å². The van der Waals surface area contributed by atoms with Crippen molar-refractivity contribution in [1.82, 2.24) is 0 Å². The molecule has 0 fully saturated rings. The van der Waals surface area contributed by atoms with E-state index >= 15 is 0 Å². The number of nitrogens with zero attached hydrogens (tertiary/aromatic N) is 1. The maximum absolute atomic E-state index is 8.95. The average Bonchev–Trinajstić information content (AvgIpc) is 2.03. The van der Waals surface area contributed by atoms with Gasteiger partial charge in [0, 0.05) is 30.5 Å². The van der Waals surface area contributed by atoms with Crippen molar-refractivity contribution in [3.05, 3.63) is 30.3 Å². The summed E-state index contributed by atoms with van der Waals surface area (Å²) in [6.45, 7) is 0. The molecule has 0 saturated heterocycles. The van der Waals surface area contributed by atoms with Gasteiger partial charge in [-0.05, 0) is 12.1 Å². The Hall–Kier alpha value is -0.780. The van der Waals surface area contributed by atoms with Gasteiger partial charge < -0.3 is 4.90 Å². The Morgan fingerprint density at radius 2 is 1.57 bits per heavy atom.